The number of rotatable bonds is 5. The van der Waals surface area contributed by atoms with Gasteiger partial charge in [0.2, 0.25) is 5.95 Å². The highest BCUT2D eigenvalue weighted by Gasteiger charge is 2.25. The molecule has 5 rings (SSSR count). The van der Waals surface area contributed by atoms with Crippen LogP contribution in [0.1, 0.15) is 28.0 Å². The maximum Gasteiger partial charge on any atom is 0.282 e. The number of halogens is 1. The minimum atomic E-state index is -0.778. The molecule has 1 amide bonds. The molecule has 1 aromatic carbocycles. The molecule has 0 unspecified atom stereocenters. The SMILES string of the molecule is O=C(Nc1cc(-c2ccco2)nn1-c1nc2c(c(=O)[nH]1)CCC2)c1cc(Cl)ccc1[N+](=O)[O-]. The van der Waals surface area contributed by atoms with Gasteiger partial charge in [-0.2, -0.15) is 9.78 Å². The van der Waals surface area contributed by atoms with Gasteiger partial charge >= 0.3 is 0 Å². The highest BCUT2D eigenvalue weighted by molar-refractivity contribution is 6.31. The first kappa shape index (κ1) is 20.6. The van der Waals surface area contributed by atoms with Crippen LogP contribution in [0.3, 0.4) is 0 Å². The lowest BCUT2D eigenvalue weighted by Gasteiger charge is -2.09. The van der Waals surface area contributed by atoms with E-state index in [1.807, 2.05) is 0 Å². The average Bonchev–Trinajstić information content (AvgIpc) is 3.53. The Hall–Kier alpha value is -4.25. The Labute approximate surface area is 190 Å². The summed E-state index contributed by atoms with van der Waals surface area (Å²) in [6, 6.07) is 8.56. The number of furan rings is 1. The Morgan fingerprint density at radius 1 is 1.27 bits per heavy atom. The number of hydrogen-bond donors (Lipinski definition) is 2. The summed E-state index contributed by atoms with van der Waals surface area (Å²) in [4.78, 5) is 43.4. The minimum Gasteiger partial charge on any atom is -0.463 e. The standard InChI is InChI=1S/C21H15ClN6O5/c22-11-6-7-16(28(31)32)13(9-11)20(30)24-18-10-15(17-5-2-8-33-17)26-27(18)21-23-14-4-1-3-12(14)19(29)25-21/h2,5-10H,1,3-4H2,(H,24,30)(H,23,25,29). The van der Waals surface area contributed by atoms with Crippen LogP contribution in [0.2, 0.25) is 5.02 Å². The molecule has 4 aromatic rings. The van der Waals surface area contributed by atoms with E-state index in [1.54, 1.807) is 12.1 Å². The summed E-state index contributed by atoms with van der Waals surface area (Å²) < 4.78 is 6.65. The van der Waals surface area contributed by atoms with Crippen molar-refractivity contribution in [1.82, 2.24) is 19.7 Å². The van der Waals surface area contributed by atoms with Gasteiger partial charge in [-0.15, -0.1) is 0 Å². The molecule has 0 saturated carbocycles. The van der Waals surface area contributed by atoms with Crippen molar-refractivity contribution in [2.24, 2.45) is 0 Å². The van der Waals surface area contributed by atoms with Crippen molar-refractivity contribution >= 4 is 29.0 Å². The number of nitro benzene ring substituents is 1. The van der Waals surface area contributed by atoms with Gasteiger partial charge in [0.25, 0.3) is 17.2 Å². The zero-order valence-corrected chi connectivity index (χ0v) is 17.6. The first-order valence-electron chi connectivity index (χ1n) is 9.92. The minimum absolute atomic E-state index is 0.106. The number of aromatic nitrogens is 4. The van der Waals surface area contributed by atoms with Crippen molar-refractivity contribution in [2.45, 2.75) is 19.3 Å². The second kappa shape index (κ2) is 8.02. The number of aromatic amines is 1. The molecule has 0 aliphatic heterocycles. The van der Waals surface area contributed by atoms with Crippen LogP contribution < -0.4 is 10.9 Å². The van der Waals surface area contributed by atoms with Crippen LogP contribution in [-0.2, 0) is 12.8 Å². The maximum absolute atomic E-state index is 13.0. The Balaban J connectivity index is 1.60. The first-order chi connectivity index (χ1) is 15.9. The van der Waals surface area contributed by atoms with Gasteiger partial charge in [-0.1, -0.05) is 11.6 Å². The number of nitro groups is 1. The molecule has 11 nitrogen and oxygen atoms in total. The molecule has 3 aromatic heterocycles. The summed E-state index contributed by atoms with van der Waals surface area (Å²) in [5.41, 5.74) is 0.765. The molecule has 2 N–H and O–H groups in total. The fourth-order valence-corrected chi connectivity index (χ4v) is 3.91. The Kier molecular flexibility index (Phi) is 5.02. The van der Waals surface area contributed by atoms with Crippen molar-refractivity contribution in [3.63, 3.8) is 0 Å². The summed E-state index contributed by atoms with van der Waals surface area (Å²) in [5, 5.41) is 18.6. The second-order valence-electron chi connectivity index (χ2n) is 7.34. The van der Waals surface area contributed by atoms with Crippen LogP contribution in [0, 0.1) is 10.1 Å². The van der Waals surface area contributed by atoms with E-state index in [1.165, 1.54) is 29.1 Å². The van der Waals surface area contributed by atoms with E-state index in [0.29, 0.717) is 35.6 Å². The summed E-state index contributed by atoms with van der Waals surface area (Å²) in [6.07, 6.45) is 3.61. The molecule has 3 heterocycles. The van der Waals surface area contributed by atoms with Crippen LogP contribution in [0.25, 0.3) is 17.4 Å². The fraction of sp³-hybridized carbons (Fsp3) is 0.143. The third-order valence-corrected chi connectivity index (χ3v) is 5.49. The molecule has 1 aliphatic rings. The second-order valence-corrected chi connectivity index (χ2v) is 7.78. The van der Waals surface area contributed by atoms with Gasteiger partial charge in [0.05, 0.1) is 16.9 Å². The van der Waals surface area contributed by atoms with E-state index >= 15 is 0 Å². The number of benzene rings is 1. The topological polar surface area (TPSA) is 149 Å². The lowest BCUT2D eigenvalue weighted by molar-refractivity contribution is -0.385. The van der Waals surface area contributed by atoms with Crippen LogP contribution in [0.5, 0.6) is 0 Å². The molecule has 33 heavy (non-hydrogen) atoms. The van der Waals surface area contributed by atoms with E-state index in [2.05, 4.69) is 20.4 Å². The zero-order valence-electron chi connectivity index (χ0n) is 16.9. The van der Waals surface area contributed by atoms with E-state index in [0.717, 1.165) is 12.5 Å². The van der Waals surface area contributed by atoms with E-state index in [-0.39, 0.29) is 27.9 Å². The van der Waals surface area contributed by atoms with Gasteiger partial charge in [-0.25, -0.2) is 4.98 Å². The van der Waals surface area contributed by atoms with Crippen molar-refractivity contribution in [1.29, 1.82) is 0 Å². The molecule has 0 radical (unpaired) electrons. The number of nitrogens with one attached hydrogen (secondary N) is 2. The fourth-order valence-electron chi connectivity index (χ4n) is 3.74. The lowest BCUT2D eigenvalue weighted by Crippen LogP contribution is -2.21. The number of H-pyrrole nitrogens is 1. The average molecular weight is 467 g/mol. The lowest BCUT2D eigenvalue weighted by atomic mass is 10.1. The highest BCUT2D eigenvalue weighted by atomic mass is 35.5. The Bertz CT molecular complexity index is 1460. The summed E-state index contributed by atoms with van der Waals surface area (Å²) >= 11 is 5.96. The van der Waals surface area contributed by atoms with Gasteiger partial charge in [0, 0.05) is 22.7 Å². The molecule has 0 atom stereocenters. The smallest absolute Gasteiger partial charge is 0.282 e. The van der Waals surface area contributed by atoms with E-state index in [4.69, 9.17) is 16.0 Å². The molecule has 12 heteroatoms. The third kappa shape index (κ3) is 3.78. The third-order valence-electron chi connectivity index (χ3n) is 5.25. The van der Waals surface area contributed by atoms with Gasteiger partial charge in [0.15, 0.2) is 5.76 Å². The van der Waals surface area contributed by atoms with Gasteiger partial charge in [-0.05, 0) is 43.5 Å². The van der Waals surface area contributed by atoms with Crippen molar-refractivity contribution in [3.05, 3.63) is 85.0 Å². The van der Waals surface area contributed by atoms with Crippen molar-refractivity contribution < 1.29 is 14.1 Å². The van der Waals surface area contributed by atoms with Gasteiger partial charge in [0.1, 0.15) is 17.1 Å². The number of anilines is 1. The molecule has 0 spiro atoms. The zero-order chi connectivity index (χ0) is 23.1. The van der Waals surface area contributed by atoms with Gasteiger partial charge in [-0.3, -0.25) is 24.7 Å². The number of aryl methyl sites for hydroxylation is 1. The molecule has 0 bridgehead atoms. The predicted octanol–water partition coefficient (Wildman–Crippen LogP) is 3.52. The van der Waals surface area contributed by atoms with Gasteiger partial charge < -0.3 is 9.73 Å². The molecular weight excluding hydrogens is 452 g/mol. The van der Waals surface area contributed by atoms with Crippen LogP contribution in [0.4, 0.5) is 11.5 Å². The molecular formula is C21H15ClN6O5. The van der Waals surface area contributed by atoms with Crippen molar-refractivity contribution in [2.75, 3.05) is 5.32 Å². The number of carbonyl (C=O) groups is 1. The number of fused-ring (bicyclic) bond motifs is 1. The predicted molar refractivity (Wildman–Crippen MR) is 118 cm³/mol. The quantitative estimate of drug-likeness (QED) is 0.337. The number of amides is 1. The van der Waals surface area contributed by atoms with Crippen molar-refractivity contribution in [3.8, 4) is 17.4 Å². The largest absolute Gasteiger partial charge is 0.463 e. The monoisotopic (exact) mass is 466 g/mol. The maximum atomic E-state index is 13.0. The van der Waals surface area contributed by atoms with Crippen LogP contribution in [-0.4, -0.2) is 30.6 Å². The highest BCUT2D eigenvalue weighted by Crippen LogP contribution is 2.27. The Morgan fingerprint density at radius 3 is 2.88 bits per heavy atom. The number of hydrogen-bond acceptors (Lipinski definition) is 7. The molecule has 0 fully saturated rings. The summed E-state index contributed by atoms with van der Waals surface area (Å²) in [7, 11) is 0. The normalized spacial score (nSPS) is 12.5. The Morgan fingerprint density at radius 2 is 2.12 bits per heavy atom. The van der Waals surface area contributed by atoms with Crippen LogP contribution >= 0.6 is 11.6 Å². The molecule has 0 saturated heterocycles. The number of carbonyl (C=O) groups excluding carboxylic acids is 1. The molecule has 1 aliphatic carbocycles. The summed E-state index contributed by atoms with van der Waals surface area (Å²) in [5.74, 6) is -0.127. The van der Waals surface area contributed by atoms with E-state index in [9.17, 15) is 19.7 Å². The van der Waals surface area contributed by atoms with Crippen LogP contribution in [0.15, 0.2) is 51.9 Å². The summed E-state index contributed by atoms with van der Waals surface area (Å²) in [6.45, 7) is 0. The van der Waals surface area contributed by atoms with E-state index < -0.39 is 16.5 Å². The first-order valence-corrected chi connectivity index (χ1v) is 10.3. The number of nitrogens with zero attached hydrogens (tertiary/aromatic N) is 4. The molecule has 166 valence electrons.